The number of hydrogen-bond donors (Lipinski definition) is 1. The number of benzene rings is 2. The van der Waals surface area contributed by atoms with Crippen LogP contribution in [0, 0.1) is 5.82 Å². The number of carbonyl (C=O) groups excluding carboxylic acids is 2. The van der Waals surface area contributed by atoms with Gasteiger partial charge in [0.15, 0.2) is 0 Å². The van der Waals surface area contributed by atoms with Gasteiger partial charge in [0.1, 0.15) is 5.82 Å². The smallest absolute Gasteiger partial charge is 0.236 e. The standard InChI is InChI=1S/C23H24ClFN2O2/c1-23(11-8-21(28)26-22(23)29)17-4-7-20(19(25)14-17)27-12-9-16(10-13-27)15-2-5-18(24)6-3-15/h2-7,14,16H,8-13H2,1H3,(H,26,28,29)/t23-/m1/s1. The van der Waals surface area contributed by atoms with Gasteiger partial charge in [-0.05, 0) is 67.5 Å². The highest BCUT2D eigenvalue weighted by molar-refractivity contribution is 6.30. The van der Waals surface area contributed by atoms with Crippen molar-refractivity contribution >= 4 is 29.1 Å². The lowest BCUT2D eigenvalue weighted by Crippen LogP contribution is -2.49. The summed E-state index contributed by atoms with van der Waals surface area (Å²) in [6.45, 7) is 3.31. The molecule has 2 aromatic carbocycles. The molecule has 0 saturated carbocycles. The van der Waals surface area contributed by atoms with Gasteiger partial charge in [0.25, 0.3) is 0 Å². The van der Waals surface area contributed by atoms with Crippen LogP contribution in [0.1, 0.15) is 49.7 Å². The molecule has 6 heteroatoms. The fourth-order valence-electron chi connectivity index (χ4n) is 4.37. The first kappa shape index (κ1) is 19.9. The fraction of sp³-hybridized carbons (Fsp3) is 0.391. The highest BCUT2D eigenvalue weighted by Crippen LogP contribution is 2.36. The maximum absolute atomic E-state index is 15.0. The van der Waals surface area contributed by atoms with Gasteiger partial charge in [0.05, 0.1) is 11.1 Å². The minimum Gasteiger partial charge on any atom is -0.369 e. The van der Waals surface area contributed by atoms with Gasteiger partial charge in [0, 0.05) is 24.5 Å². The normalized spacial score (nSPS) is 23.2. The van der Waals surface area contributed by atoms with E-state index in [0.717, 1.165) is 31.0 Å². The van der Waals surface area contributed by atoms with E-state index in [1.165, 1.54) is 11.6 Å². The molecule has 2 aliphatic rings. The number of nitrogens with one attached hydrogen (secondary N) is 1. The van der Waals surface area contributed by atoms with Gasteiger partial charge in [0.2, 0.25) is 11.8 Å². The van der Waals surface area contributed by atoms with E-state index >= 15 is 0 Å². The van der Waals surface area contributed by atoms with Crippen molar-refractivity contribution < 1.29 is 14.0 Å². The molecule has 1 N–H and O–H groups in total. The molecule has 2 aliphatic heterocycles. The lowest BCUT2D eigenvalue weighted by atomic mass is 9.75. The Labute approximate surface area is 175 Å². The average Bonchev–Trinajstić information content (AvgIpc) is 2.72. The summed E-state index contributed by atoms with van der Waals surface area (Å²) in [5.74, 6) is -0.496. The molecule has 152 valence electrons. The lowest BCUT2D eigenvalue weighted by molar-refractivity contribution is -0.137. The summed E-state index contributed by atoms with van der Waals surface area (Å²) < 4.78 is 15.0. The van der Waals surface area contributed by atoms with Gasteiger partial charge >= 0.3 is 0 Å². The number of halogens is 2. The molecule has 2 amide bonds. The lowest BCUT2D eigenvalue weighted by Gasteiger charge is -2.35. The molecule has 0 spiro atoms. The maximum atomic E-state index is 15.0. The Morgan fingerprint density at radius 2 is 1.79 bits per heavy atom. The van der Waals surface area contributed by atoms with E-state index in [9.17, 15) is 14.0 Å². The Bertz CT molecular complexity index is 938. The summed E-state index contributed by atoms with van der Waals surface area (Å²) in [4.78, 5) is 25.9. The fourth-order valence-corrected chi connectivity index (χ4v) is 4.50. The summed E-state index contributed by atoms with van der Waals surface area (Å²) >= 11 is 5.97. The predicted octanol–water partition coefficient (Wildman–Crippen LogP) is 4.56. The first-order chi connectivity index (χ1) is 13.9. The SMILES string of the molecule is C[C@]1(c2ccc(N3CCC(c4ccc(Cl)cc4)CC3)c(F)c2)CCC(=O)NC1=O. The van der Waals surface area contributed by atoms with Crippen molar-refractivity contribution in [3.05, 3.63) is 64.4 Å². The van der Waals surface area contributed by atoms with Crippen LogP contribution in [0.25, 0.3) is 0 Å². The molecule has 2 aromatic rings. The van der Waals surface area contributed by atoms with E-state index in [1.807, 2.05) is 18.2 Å². The van der Waals surface area contributed by atoms with Gasteiger partial charge in [-0.25, -0.2) is 4.39 Å². The van der Waals surface area contributed by atoms with Crippen LogP contribution in [-0.2, 0) is 15.0 Å². The Balaban J connectivity index is 1.47. The molecule has 2 heterocycles. The molecule has 0 bridgehead atoms. The third-order valence-electron chi connectivity index (χ3n) is 6.37. The second-order valence-corrected chi connectivity index (χ2v) is 8.62. The van der Waals surface area contributed by atoms with E-state index in [4.69, 9.17) is 11.6 Å². The molecule has 2 fully saturated rings. The number of rotatable bonds is 3. The van der Waals surface area contributed by atoms with Crippen LogP contribution in [0.5, 0.6) is 0 Å². The van der Waals surface area contributed by atoms with Gasteiger partial charge in [-0.15, -0.1) is 0 Å². The third kappa shape index (κ3) is 3.88. The largest absolute Gasteiger partial charge is 0.369 e. The van der Waals surface area contributed by atoms with Gasteiger partial charge in [-0.1, -0.05) is 29.8 Å². The molecule has 1 atom stereocenters. The molecule has 4 rings (SSSR count). The Kier molecular flexibility index (Phi) is 5.34. The molecule has 0 aromatic heterocycles. The molecular weight excluding hydrogens is 391 g/mol. The molecular formula is C23H24ClFN2O2. The van der Waals surface area contributed by atoms with Crippen LogP contribution in [0.15, 0.2) is 42.5 Å². The van der Waals surface area contributed by atoms with E-state index in [2.05, 4.69) is 22.3 Å². The van der Waals surface area contributed by atoms with E-state index in [-0.39, 0.29) is 24.1 Å². The maximum Gasteiger partial charge on any atom is 0.236 e. The van der Waals surface area contributed by atoms with Crippen LogP contribution in [-0.4, -0.2) is 24.9 Å². The molecule has 0 radical (unpaired) electrons. The van der Waals surface area contributed by atoms with Crippen LogP contribution in [0.4, 0.5) is 10.1 Å². The number of anilines is 1. The van der Waals surface area contributed by atoms with Crippen LogP contribution >= 0.6 is 11.6 Å². The zero-order valence-electron chi connectivity index (χ0n) is 16.4. The van der Waals surface area contributed by atoms with Crippen LogP contribution < -0.4 is 10.2 Å². The minimum atomic E-state index is -0.880. The van der Waals surface area contributed by atoms with E-state index < -0.39 is 5.41 Å². The van der Waals surface area contributed by atoms with Crippen molar-refractivity contribution in [2.24, 2.45) is 0 Å². The Hall–Kier alpha value is -2.40. The predicted molar refractivity (Wildman–Crippen MR) is 112 cm³/mol. The first-order valence-electron chi connectivity index (χ1n) is 10.0. The monoisotopic (exact) mass is 414 g/mol. The Morgan fingerprint density at radius 3 is 2.41 bits per heavy atom. The van der Waals surface area contributed by atoms with Gasteiger partial charge < -0.3 is 4.90 Å². The van der Waals surface area contributed by atoms with Gasteiger partial charge in [-0.3, -0.25) is 14.9 Å². The molecule has 0 unspecified atom stereocenters. The Morgan fingerprint density at radius 1 is 1.10 bits per heavy atom. The summed E-state index contributed by atoms with van der Waals surface area (Å²) in [6, 6.07) is 13.0. The summed E-state index contributed by atoms with van der Waals surface area (Å²) in [5.41, 5.74) is 1.57. The van der Waals surface area contributed by atoms with E-state index in [1.54, 1.807) is 13.0 Å². The first-order valence-corrected chi connectivity index (χ1v) is 10.4. The highest BCUT2D eigenvalue weighted by atomic mass is 35.5. The third-order valence-corrected chi connectivity index (χ3v) is 6.62. The quantitative estimate of drug-likeness (QED) is 0.749. The zero-order valence-corrected chi connectivity index (χ0v) is 17.1. The summed E-state index contributed by atoms with van der Waals surface area (Å²) in [5, 5.41) is 3.10. The van der Waals surface area contributed by atoms with Crippen molar-refractivity contribution in [1.82, 2.24) is 5.32 Å². The van der Waals surface area contributed by atoms with Crippen molar-refractivity contribution in [1.29, 1.82) is 0 Å². The molecule has 2 saturated heterocycles. The van der Waals surface area contributed by atoms with Crippen LogP contribution in [0.3, 0.4) is 0 Å². The molecule has 0 aliphatic carbocycles. The van der Waals surface area contributed by atoms with Crippen molar-refractivity contribution in [2.75, 3.05) is 18.0 Å². The minimum absolute atomic E-state index is 0.268. The number of hydrogen-bond acceptors (Lipinski definition) is 3. The number of nitrogens with zero attached hydrogens (tertiary/aromatic N) is 1. The van der Waals surface area contributed by atoms with Crippen LogP contribution in [0.2, 0.25) is 5.02 Å². The number of piperidine rings is 2. The second kappa shape index (κ2) is 7.79. The molecule has 29 heavy (non-hydrogen) atoms. The highest BCUT2D eigenvalue weighted by Gasteiger charge is 2.40. The topological polar surface area (TPSA) is 49.4 Å². The van der Waals surface area contributed by atoms with Crippen molar-refractivity contribution in [2.45, 2.75) is 43.9 Å². The summed E-state index contributed by atoms with van der Waals surface area (Å²) in [6.07, 6.45) is 2.56. The van der Waals surface area contributed by atoms with Crippen molar-refractivity contribution in [3.8, 4) is 0 Å². The zero-order chi connectivity index (χ0) is 20.6. The molecule has 4 nitrogen and oxygen atoms in total. The summed E-state index contributed by atoms with van der Waals surface area (Å²) in [7, 11) is 0. The number of amides is 2. The van der Waals surface area contributed by atoms with Gasteiger partial charge in [-0.2, -0.15) is 0 Å². The van der Waals surface area contributed by atoms with Crippen molar-refractivity contribution in [3.63, 3.8) is 0 Å². The second-order valence-electron chi connectivity index (χ2n) is 8.19. The average molecular weight is 415 g/mol. The van der Waals surface area contributed by atoms with E-state index in [0.29, 0.717) is 23.6 Å². The number of imide groups is 1. The number of carbonyl (C=O) groups is 2.